The molecule has 6 heteroatoms. The van der Waals surface area contributed by atoms with Crippen molar-refractivity contribution >= 4 is 12.1 Å². The van der Waals surface area contributed by atoms with Gasteiger partial charge < -0.3 is 20.1 Å². The first-order valence-electron chi connectivity index (χ1n) is 5.58. The number of carboxylic acids is 1. The third kappa shape index (κ3) is 3.59. The van der Waals surface area contributed by atoms with Gasteiger partial charge in [0, 0.05) is 13.1 Å². The molecule has 98 valence electrons. The van der Waals surface area contributed by atoms with Gasteiger partial charge in [0.1, 0.15) is 5.60 Å². The molecule has 1 aliphatic rings. The van der Waals surface area contributed by atoms with Gasteiger partial charge in [-0.15, -0.1) is 0 Å². The standard InChI is InChI=1S/C11H20N2O4/c1-10(2,3)17-9(16)12-11(8(14)15)5-6-13(4)7-11/h5-7H2,1-4H3,(H,12,16)(H,14,15). The van der Waals surface area contributed by atoms with Crippen molar-refractivity contribution in [1.82, 2.24) is 10.2 Å². The zero-order valence-corrected chi connectivity index (χ0v) is 10.7. The van der Waals surface area contributed by atoms with Crippen LogP contribution in [0.15, 0.2) is 0 Å². The van der Waals surface area contributed by atoms with Crippen molar-refractivity contribution in [2.45, 2.75) is 38.3 Å². The Morgan fingerprint density at radius 1 is 1.41 bits per heavy atom. The monoisotopic (exact) mass is 244 g/mol. The summed E-state index contributed by atoms with van der Waals surface area (Å²) >= 11 is 0. The van der Waals surface area contributed by atoms with Gasteiger partial charge in [0.2, 0.25) is 0 Å². The van der Waals surface area contributed by atoms with E-state index in [1.165, 1.54) is 0 Å². The molecule has 1 atom stereocenters. The Morgan fingerprint density at radius 2 is 2.00 bits per heavy atom. The number of likely N-dealkylation sites (tertiary alicyclic amines) is 1. The highest BCUT2D eigenvalue weighted by molar-refractivity contribution is 5.85. The summed E-state index contributed by atoms with van der Waals surface area (Å²) in [5, 5.41) is 11.7. The lowest BCUT2D eigenvalue weighted by atomic mass is 9.99. The maximum Gasteiger partial charge on any atom is 0.408 e. The number of ether oxygens (including phenoxy) is 1. The van der Waals surface area contributed by atoms with Crippen molar-refractivity contribution in [1.29, 1.82) is 0 Å². The number of hydrogen-bond donors (Lipinski definition) is 2. The van der Waals surface area contributed by atoms with Gasteiger partial charge >= 0.3 is 12.1 Å². The number of nitrogens with one attached hydrogen (secondary N) is 1. The van der Waals surface area contributed by atoms with Crippen molar-refractivity contribution < 1.29 is 19.4 Å². The number of carbonyl (C=O) groups is 2. The van der Waals surface area contributed by atoms with E-state index in [2.05, 4.69) is 5.32 Å². The molecule has 0 spiro atoms. The molecule has 2 N–H and O–H groups in total. The summed E-state index contributed by atoms with van der Waals surface area (Å²) in [7, 11) is 1.82. The van der Waals surface area contributed by atoms with Crippen molar-refractivity contribution in [2.75, 3.05) is 20.1 Å². The lowest BCUT2D eigenvalue weighted by Gasteiger charge is -2.27. The molecule has 0 aliphatic carbocycles. The highest BCUT2D eigenvalue weighted by Gasteiger charge is 2.45. The Labute approximate surface area is 101 Å². The predicted octanol–water partition coefficient (Wildman–Crippen LogP) is 0.670. The Balaban J connectivity index is 2.69. The van der Waals surface area contributed by atoms with E-state index in [1.54, 1.807) is 20.8 Å². The summed E-state index contributed by atoms with van der Waals surface area (Å²) in [6, 6.07) is 0. The van der Waals surface area contributed by atoms with Crippen molar-refractivity contribution in [3.63, 3.8) is 0 Å². The van der Waals surface area contributed by atoms with Crippen LogP contribution in [0.2, 0.25) is 0 Å². The lowest BCUT2D eigenvalue weighted by molar-refractivity contribution is -0.144. The van der Waals surface area contributed by atoms with Gasteiger partial charge in [-0.1, -0.05) is 0 Å². The predicted molar refractivity (Wildman–Crippen MR) is 61.9 cm³/mol. The molecular weight excluding hydrogens is 224 g/mol. The molecule has 1 fully saturated rings. The minimum atomic E-state index is -1.23. The first kappa shape index (κ1) is 13.8. The number of rotatable bonds is 2. The van der Waals surface area contributed by atoms with Gasteiger partial charge in [0.05, 0.1) is 0 Å². The van der Waals surface area contributed by atoms with E-state index in [0.717, 1.165) is 0 Å². The maximum absolute atomic E-state index is 11.6. The summed E-state index contributed by atoms with van der Waals surface area (Å²) in [5.41, 5.74) is -1.86. The zero-order chi connectivity index (χ0) is 13.3. The smallest absolute Gasteiger partial charge is 0.408 e. The van der Waals surface area contributed by atoms with Crippen LogP contribution in [0.3, 0.4) is 0 Å². The molecule has 1 rings (SSSR count). The molecule has 1 saturated heterocycles. The van der Waals surface area contributed by atoms with Gasteiger partial charge in [0.15, 0.2) is 5.54 Å². The van der Waals surface area contributed by atoms with E-state index in [4.69, 9.17) is 4.74 Å². The average Bonchev–Trinajstić information content (AvgIpc) is 2.44. The molecular formula is C11H20N2O4. The lowest BCUT2D eigenvalue weighted by Crippen LogP contribution is -2.57. The molecule has 1 amide bonds. The first-order chi connectivity index (χ1) is 7.65. The Kier molecular flexibility index (Phi) is 3.66. The Morgan fingerprint density at radius 3 is 2.35 bits per heavy atom. The zero-order valence-electron chi connectivity index (χ0n) is 10.7. The van der Waals surface area contributed by atoms with E-state index in [0.29, 0.717) is 19.5 Å². The highest BCUT2D eigenvalue weighted by atomic mass is 16.6. The minimum absolute atomic E-state index is 0.293. The summed E-state index contributed by atoms with van der Waals surface area (Å²) < 4.78 is 5.08. The molecule has 0 aromatic carbocycles. The number of nitrogens with zero attached hydrogens (tertiary/aromatic N) is 1. The number of likely N-dealkylation sites (N-methyl/N-ethyl adjacent to an activating group) is 1. The highest BCUT2D eigenvalue weighted by Crippen LogP contribution is 2.21. The third-order valence-corrected chi connectivity index (χ3v) is 2.61. The molecule has 0 aromatic rings. The first-order valence-corrected chi connectivity index (χ1v) is 5.58. The SMILES string of the molecule is CN1CCC(NC(=O)OC(C)(C)C)(C(=O)O)C1. The second-order valence-electron chi connectivity index (χ2n) is 5.50. The van der Waals surface area contributed by atoms with Crippen molar-refractivity contribution in [2.24, 2.45) is 0 Å². The number of carboxylic acid groups (broad SMARTS) is 1. The molecule has 1 heterocycles. The van der Waals surface area contributed by atoms with Crippen LogP contribution in [0.25, 0.3) is 0 Å². The van der Waals surface area contributed by atoms with Crippen LogP contribution < -0.4 is 5.32 Å². The second-order valence-corrected chi connectivity index (χ2v) is 5.50. The topological polar surface area (TPSA) is 78.9 Å². The summed E-state index contributed by atoms with van der Waals surface area (Å²) in [6.45, 7) is 6.14. The van der Waals surface area contributed by atoms with E-state index >= 15 is 0 Å². The second kappa shape index (κ2) is 4.52. The number of carbonyl (C=O) groups excluding carboxylic acids is 1. The quantitative estimate of drug-likeness (QED) is 0.746. The molecule has 17 heavy (non-hydrogen) atoms. The summed E-state index contributed by atoms with van der Waals surface area (Å²) in [4.78, 5) is 24.8. The Bertz CT molecular complexity index is 324. The number of alkyl carbamates (subject to hydrolysis) is 1. The summed E-state index contributed by atoms with van der Waals surface area (Å²) in [6.07, 6.45) is -0.298. The van der Waals surface area contributed by atoms with Crippen molar-refractivity contribution in [3.05, 3.63) is 0 Å². The molecule has 1 unspecified atom stereocenters. The third-order valence-electron chi connectivity index (χ3n) is 2.61. The number of amides is 1. The normalized spacial score (nSPS) is 25.6. The number of aliphatic carboxylic acids is 1. The van der Waals surface area contributed by atoms with E-state index in [9.17, 15) is 14.7 Å². The minimum Gasteiger partial charge on any atom is -0.479 e. The molecule has 6 nitrogen and oxygen atoms in total. The maximum atomic E-state index is 11.6. The molecule has 0 saturated carbocycles. The van der Waals surface area contributed by atoms with E-state index in [1.807, 2.05) is 11.9 Å². The average molecular weight is 244 g/mol. The van der Waals surface area contributed by atoms with Crippen LogP contribution >= 0.6 is 0 Å². The molecule has 0 bridgehead atoms. The van der Waals surface area contributed by atoms with Crippen molar-refractivity contribution in [3.8, 4) is 0 Å². The van der Waals surface area contributed by atoms with Gasteiger partial charge in [-0.2, -0.15) is 0 Å². The van der Waals surface area contributed by atoms with Crippen LogP contribution in [0.5, 0.6) is 0 Å². The molecule has 1 aliphatic heterocycles. The van der Waals surface area contributed by atoms with Crippen LogP contribution in [0, 0.1) is 0 Å². The molecule has 0 aromatic heterocycles. The fourth-order valence-electron chi connectivity index (χ4n) is 1.83. The summed E-state index contributed by atoms with van der Waals surface area (Å²) in [5.74, 6) is -1.02. The fraction of sp³-hybridized carbons (Fsp3) is 0.818. The van der Waals surface area contributed by atoms with Crippen LogP contribution in [0.1, 0.15) is 27.2 Å². The molecule has 0 radical (unpaired) electrons. The van der Waals surface area contributed by atoms with Crippen LogP contribution in [0.4, 0.5) is 4.79 Å². The Hall–Kier alpha value is -1.30. The van der Waals surface area contributed by atoms with E-state index < -0.39 is 23.2 Å². The largest absolute Gasteiger partial charge is 0.479 e. The van der Waals surface area contributed by atoms with Crippen LogP contribution in [-0.4, -0.2) is 53.3 Å². The van der Waals surface area contributed by atoms with Gasteiger partial charge in [-0.3, -0.25) is 0 Å². The van der Waals surface area contributed by atoms with E-state index in [-0.39, 0.29) is 0 Å². The van der Waals surface area contributed by atoms with Gasteiger partial charge in [-0.05, 0) is 34.2 Å². The number of hydrogen-bond acceptors (Lipinski definition) is 4. The van der Waals surface area contributed by atoms with Gasteiger partial charge in [-0.25, -0.2) is 9.59 Å². The van der Waals surface area contributed by atoms with Crippen LogP contribution in [-0.2, 0) is 9.53 Å². The van der Waals surface area contributed by atoms with Gasteiger partial charge in [0.25, 0.3) is 0 Å². The fourth-order valence-corrected chi connectivity index (χ4v) is 1.83.